The monoisotopic (exact) mass is 294 g/mol. The van der Waals surface area contributed by atoms with Crippen molar-refractivity contribution in [1.82, 2.24) is 10.2 Å². The second-order valence-corrected chi connectivity index (χ2v) is 5.33. The number of urea groups is 1. The van der Waals surface area contributed by atoms with Crippen molar-refractivity contribution in [2.45, 2.75) is 25.8 Å². The van der Waals surface area contributed by atoms with Gasteiger partial charge in [-0.2, -0.15) is 0 Å². The highest BCUT2D eigenvalue weighted by atomic mass is 19.1. The van der Waals surface area contributed by atoms with Crippen LogP contribution < -0.4 is 5.32 Å². The zero-order valence-electron chi connectivity index (χ0n) is 11.9. The lowest BCUT2D eigenvalue weighted by molar-refractivity contribution is -0.143. The number of likely N-dealkylation sites (tertiary alicyclic amines) is 1. The SMILES string of the molecule is CC(NC(=O)N1CCC(C(=O)O)CC1)c1cccc(F)c1. The molecule has 2 amide bonds. The number of hydrogen-bond acceptors (Lipinski definition) is 2. The van der Waals surface area contributed by atoms with Crippen molar-refractivity contribution >= 4 is 12.0 Å². The second-order valence-electron chi connectivity index (χ2n) is 5.33. The van der Waals surface area contributed by atoms with Crippen LogP contribution in [0.1, 0.15) is 31.4 Å². The number of carbonyl (C=O) groups is 2. The lowest BCUT2D eigenvalue weighted by atomic mass is 9.97. The number of piperidine rings is 1. The molecule has 114 valence electrons. The van der Waals surface area contributed by atoms with Crippen LogP contribution in [0.4, 0.5) is 9.18 Å². The average Bonchev–Trinajstić information content (AvgIpc) is 2.47. The van der Waals surface area contributed by atoms with Gasteiger partial charge < -0.3 is 15.3 Å². The number of aliphatic carboxylic acids is 1. The van der Waals surface area contributed by atoms with Gasteiger partial charge in [-0.05, 0) is 37.5 Å². The third kappa shape index (κ3) is 3.93. The van der Waals surface area contributed by atoms with E-state index in [0.29, 0.717) is 31.5 Å². The number of hydrogen-bond donors (Lipinski definition) is 2. The second kappa shape index (κ2) is 6.56. The summed E-state index contributed by atoms with van der Waals surface area (Å²) in [6.45, 7) is 2.65. The lowest BCUT2D eigenvalue weighted by Gasteiger charge is -2.31. The summed E-state index contributed by atoms with van der Waals surface area (Å²) in [6, 6.07) is 5.56. The van der Waals surface area contributed by atoms with Gasteiger partial charge in [-0.1, -0.05) is 12.1 Å². The van der Waals surface area contributed by atoms with Gasteiger partial charge in [-0.15, -0.1) is 0 Å². The molecule has 1 aliphatic heterocycles. The maximum Gasteiger partial charge on any atom is 0.317 e. The lowest BCUT2D eigenvalue weighted by Crippen LogP contribution is -2.46. The van der Waals surface area contributed by atoms with Crippen LogP contribution in [-0.4, -0.2) is 35.1 Å². The Morgan fingerprint density at radius 3 is 2.62 bits per heavy atom. The van der Waals surface area contributed by atoms with Gasteiger partial charge in [0.1, 0.15) is 5.82 Å². The first kappa shape index (κ1) is 15.3. The molecule has 0 aliphatic carbocycles. The molecule has 1 aromatic rings. The predicted molar refractivity (Wildman–Crippen MR) is 75.3 cm³/mol. The van der Waals surface area contributed by atoms with Gasteiger partial charge in [-0.3, -0.25) is 4.79 Å². The number of carboxylic acid groups (broad SMARTS) is 1. The van der Waals surface area contributed by atoms with Crippen LogP contribution in [0, 0.1) is 11.7 Å². The predicted octanol–water partition coefficient (Wildman–Crippen LogP) is 2.39. The van der Waals surface area contributed by atoms with E-state index in [2.05, 4.69) is 5.32 Å². The van der Waals surface area contributed by atoms with Gasteiger partial charge in [-0.25, -0.2) is 9.18 Å². The smallest absolute Gasteiger partial charge is 0.317 e. The molecule has 6 heteroatoms. The maximum absolute atomic E-state index is 13.2. The van der Waals surface area contributed by atoms with E-state index in [0.717, 1.165) is 0 Å². The first-order valence-electron chi connectivity index (χ1n) is 7.01. The highest BCUT2D eigenvalue weighted by Gasteiger charge is 2.27. The highest BCUT2D eigenvalue weighted by molar-refractivity contribution is 5.75. The Bertz CT molecular complexity index is 527. The van der Waals surface area contributed by atoms with Gasteiger partial charge in [0.2, 0.25) is 0 Å². The molecule has 0 saturated carbocycles. The molecule has 1 heterocycles. The average molecular weight is 294 g/mol. The molecule has 0 spiro atoms. The Morgan fingerprint density at radius 2 is 2.05 bits per heavy atom. The summed E-state index contributed by atoms with van der Waals surface area (Å²) in [7, 11) is 0. The molecule has 5 nitrogen and oxygen atoms in total. The molecule has 21 heavy (non-hydrogen) atoms. The van der Waals surface area contributed by atoms with Gasteiger partial charge in [0.15, 0.2) is 0 Å². The molecule has 0 bridgehead atoms. The van der Waals surface area contributed by atoms with E-state index in [4.69, 9.17) is 5.11 Å². The Hall–Kier alpha value is -2.11. The molecule has 0 radical (unpaired) electrons. The largest absolute Gasteiger partial charge is 0.481 e. The van der Waals surface area contributed by atoms with Crippen molar-refractivity contribution in [1.29, 1.82) is 0 Å². The fraction of sp³-hybridized carbons (Fsp3) is 0.467. The first-order chi connectivity index (χ1) is 9.97. The van der Waals surface area contributed by atoms with Crippen LogP contribution in [0.15, 0.2) is 24.3 Å². The quantitative estimate of drug-likeness (QED) is 0.899. The summed E-state index contributed by atoms with van der Waals surface area (Å²) in [5.41, 5.74) is 0.698. The van der Waals surface area contributed by atoms with Gasteiger partial charge in [0, 0.05) is 13.1 Å². The molecule has 1 unspecified atom stereocenters. The topological polar surface area (TPSA) is 69.6 Å². The Kier molecular flexibility index (Phi) is 4.77. The molecule has 1 atom stereocenters. The summed E-state index contributed by atoms with van der Waals surface area (Å²) >= 11 is 0. The maximum atomic E-state index is 13.2. The summed E-state index contributed by atoms with van der Waals surface area (Å²) in [4.78, 5) is 24.6. The third-order valence-electron chi connectivity index (χ3n) is 3.82. The molecule has 0 aromatic heterocycles. The van der Waals surface area contributed by atoms with Crippen LogP contribution in [-0.2, 0) is 4.79 Å². The third-order valence-corrected chi connectivity index (χ3v) is 3.82. The standard InChI is InChI=1S/C15H19FN2O3/c1-10(12-3-2-4-13(16)9-12)17-15(21)18-7-5-11(6-8-18)14(19)20/h2-4,9-11H,5-8H2,1H3,(H,17,21)(H,19,20). The van der Waals surface area contributed by atoms with E-state index in [9.17, 15) is 14.0 Å². The Labute approximate surface area is 122 Å². The fourth-order valence-corrected chi connectivity index (χ4v) is 2.47. The van der Waals surface area contributed by atoms with Crippen LogP contribution >= 0.6 is 0 Å². The molecule has 1 aromatic carbocycles. The minimum absolute atomic E-state index is 0.240. The van der Waals surface area contributed by atoms with Crippen molar-refractivity contribution in [3.8, 4) is 0 Å². The van der Waals surface area contributed by atoms with E-state index in [-0.39, 0.29) is 23.8 Å². The van der Waals surface area contributed by atoms with Gasteiger partial charge >= 0.3 is 12.0 Å². The van der Waals surface area contributed by atoms with E-state index >= 15 is 0 Å². The van der Waals surface area contributed by atoms with E-state index in [1.165, 1.54) is 12.1 Å². The summed E-state index contributed by atoms with van der Waals surface area (Å²) in [6.07, 6.45) is 0.939. The minimum atomic E-state index is -0.803. The van der Waals surface area contributed by atoms with Crippen LogP contribution in [0.3, 0.4) is 0 Å². The highest BCUT2D eigenvalue weighted by Crippen LogP contribution is 2.19. The van der Waals surface area contributed by atoms with E-state index in [1.54, 1.807) is 24.0 Å². The van der Waals surface area contributed by atoms with Gasteiger partial charge in [0.25, 0.3) is 0 Å². The Morgan fingerprint density at radius 1 is 1.38 bits per heavy atom. The van der Waals surface area contributed by atoms with E-state index in [1.807, 2.05) is 0 Å². The molecular formula is C15H19FN2O3. The van der Waals surface area contributed by atoms with Crippen LogP contribution in [0.25, 0.3) is 0 Å². The number of amides is 2. The van der Waals surface area contributed by atoms with Crippen molar-refractivity contribution in [3.63, 3.8) is 0 Å². The first-order valence-corrected chi connectivity index (χ1v) is 7.01. The number of nitrogens with zero attached hydrogens (tertiary/aromatic N) is 1. The zero-order chi connectivity index (χ0) is 15.4. The molecule has 2 N–H and O–H groups in total. The number of halogens is 1. The summed E-state index contributed by atoms with van der Waals surface area (Å²) in [5.74, 6) is -1.51. The normalized spacial score (nSPS) is 17.3. The molecule has 1 saturated heterocycles. The van der Waals surface area contributed by atoms with E-state index < -0.39 is 5.97 Å². The van der Waals surface area contributed by atoms with Crippen molar-refractivity contribution < 1.29 is 19.1 Å². The Balaban J connectivity index is 1.89. The zero-order valence-corrected chi connectivity index (χ0v) is 11.9. The molecule has 1 fully saturated rings. The minimum Gasteiger partial charge on any atom is -0.481 e. The molecule has 1 aliphatic rings. The number of carboxylic acids is 1. The van der Waals surface area contributed by atoms with Crippen LogP contribution in [0.2, 0.25) is 0 Å². The summed E-state index contributed by atoms with van der Waals surface area (Å²) < 4.78 is 13.2. The van der Waals surface area contributed by atoms with Gasteiger partial charge in [0.05, 0.1) is 12.0 Å². The number of nitrogens with one attached hydrogen (secondary N) is 1. The van der Waals surface area contributed by atoms with Crippen molar-refractivity contribution in [3.05, 3.63) is 35.6 Å². The van der Waals surface area contributed by atoms with Crippen molar-refractivity contribution in [2.24, 2.45) is 5.92 Å². The molecule has 2 rings (SSSR count). The number of carbonyl (C=O) groups excluding carboxylic acids is 1. The van der Waals surface area contributed by atoms with Crippen molar-refractivity contribution in [2.75, 3.05) is 13.1 Å². The van der Waals surface area contributed by atoms with Crippen LogP contribution in [0.5, 0.6) is 0 Å². The summed E-state index contributed by atoms with van der Waals surface area (Å²) in [5, 5.41) is 11.7. The number of benzene rings is 1. The fourth-order valence-electron chi connectivity index (χ4n) is 2.47. The number of rotatable bonds is 3. The molecular weight excluding hydrogens is 275 g/mol.